The van der Waals surface area contributed by atoms with E-state index in [9.17, 15) is 15.0 Å². The number of aliphatic hydroxyl groups is 1. The lowest BCUT2D eigenvalue weighted by molar-refractivity contribution is -0.293. The van der Waals surface area contributed by atoms with Gasteiger partial charge in [0.15, 0.2) is 11.5 Å². The molecule has 40 heavy (non-hydrogen) atoms. The third kappa shape index (κ3) is 2.99. The molecule has 2 aromatic carbocycles. The topological polar surface area (TPSA) is 85.3 Å². The van der Waals surface area contributed by atoms with E-state index in [-0.39, 0.29) is 35.1 Å². The summed E-state index contributed by atoms with van der Waals surface area (Å²) in [6, 6.07) is 13.5. The lowest BCUT2D eigenvalue weighted by Gasteiger charge is -2.77. The molecule has 6 fully saturated rings. The fourth-order valence-electron chi connectivity index (χ4n) is 10.1. The number of phenols is 1. The van der Waals surface area contributed by atoms with Crippen molar-refractivity contribution in [1.82, 2.24) is 9.80 Å². The molecular formula is C33H39N3O4. The van der Waals surface area contributed by atoms with Crippen molar-refractivity contribution in [3.05, 3.63) is 53.6 Å². The average Bonchev–Trinajstić information content (AvgIpc) is 3.88. The molecule has 7 nitrogen and oxygen atoms in total. The zero-order valence-corrected chi connectivity index (χ0v) is 23.0. The minimum Gasteiger partial charge on any atom is -0.504 e. The fourth-order valence-corrected chi connectivity index (χ4v) is 10.1. The number of ether oxygens (including phenoxy) is 1. The Morgan fingerprint density at radius 1 is 1.00 bits per heavy atom. The normalized spacial score (nSPS) is 39.1. The number of para-hydroxylation sites is 1. The highest BCUT2D eigenvalue weighted by atomic mass is 16.5. The van der Waals surface area contributed by atoms with E-state index in [1.807, 2.05) is 30.3 Å². The highest BCUT2D eigenvalue weighted by Crippen LogP contribution is 2.72. The molecule has 10 rings (SSSR count). The Balaban J connectivity index is 1.20. The summed E-state index contributed by atoms with van der Waals surface area (Å²) in [5, 5.41) is 27.0. The summed E-state index contributed by atoms with van der Waals surface area (Å²) in [6.07, 6.45) is 8.29. The second-order valence-corrected chi connectivity index (χ2v) is 14.0. The fraction of sp³-hybridized carbons (Fsp3) is 0.606. The van der Waals surface area contributed by atoms with Crippen molar-refractivity contribution >= 4 is 11.6 Å². The van der Waals surface area contributed by atoms with Crippen LogP contribution in [0, 0.1) is 11.8 Å². The highest BCUT2D eigenvalue weighted by Gasteiger charge is 2.82. The van der Waals surface area contributed by atoms with Gasteiger partial charge in [0, 0.05) is 36.8 Å². The van der Waals surface area contributed by atoms with E-state index in [0.717, 1.165) is 50.5 Å². The lowest BCUT2D eigenvalue weighted by Crippen LogP contribution is -2.91. The van der Waals surface area contributed by atoms with Crippen molar-refractivity contribution in [3.63, 3.8) is 0 Å². The largest absolute Gasteiger partial charge is 0.504 e. The maximum atomic E-state index is 13.6. The molecule has 2 spiro atoms. The maximum Gasteiger partial charge on any atom is 0.226 e. The van der Waals surface area contributed by atoms with Crippen molar-refractivity contribution in [2.24, 2.45) is 11.8 Å². The number of hydrogen-bond acceptors (Lipinski definition) is 6. The molecule has 3 saturated heterocycles. The summed E-state index contributed by atoms with van der Waals surface area (Å²) in [5.74, 6) is 2.15. The van der Waals surface area contributed by atoms with Gasteiger partial charge in [0.05, 0.1) is 17.0 Å². The van der Waals surface area contributed by atoms with Gasteiger partial charge in [-0.05, 0) is 93.5 Å². The highest BCUT2D eigenvalue weighted by molar-refractivity contribution is 5.91. The number of benzene rings is 2. The number of carbonyl (C=O) groups excluding carboxylic acids is 1. The first-order chi connectivity index (χ1) is 19.4. The Kier molecular flexibility index (Phi) is 4.82. The third-order valence-electron chi connectivity index (χ3n) is 11.9. The van der Waals surface area contributed by atoms with Crippen molar-refractivity contribution in [2.75, 3.05) is 25.0 Å². The van der Waals surface area contributed by atoms with Gasteiger partial charge in [-0.15, -0.1) is 0 Å². The zero-order chi connectivity index (χ0) is 26.9. The Bertz CT molecular complexity index is 1390. The molecular weight excluding hydrogens is 502 g/mol. The van der Waals surface area contributed by atoms with E-state index in [2.05, 4.69) is 21.2 Å². The van der Waals surface area contributed by atoms with Crippen LogP contribution in [0.15, 0.2) is 42.5 Å². The number of likely N-dealkylation sites (tertiary alicyclic amines) is 1. The van der Waals surface area contributed by atoms with Crippen LogP contribution in [0.4, 0.5) is 5.69 Å². The number of nitrogens with zero attached hydrogens (tertiary/aromatic N) is 2. The van der Waals surface area contributed by atoms with Gasteiger partial charge >= 0.3 is 0 Å². The Morgan fingerprint density at radius 2 is 1.77 bits per heavy atom. The van der Waals surface area contributed by atoms with Gasteiger partial charge in [-0.2, -0.15) is 0 Å². The van der Waals surface area contributed by atoms with Gasteiger partial charge in [-0.3, -0.25) is 14.6 Å². The summed E-state index contributed by atoms with van der Waals surface area (Å²) >= 11 is 0. The Hall–Kier alpha value is -2.61. The van der Waals surface area contributed by atoms with Crippen LogP contribution < -0.4 is 10.1 Å². The van der Waals surface area contributed by atoms with Crippen molar-refractivity contribution in [3.8, 4) is 11.5 Å². The lowest BCUT2D eigenvalue weighted by atomic mass is 9.40. The molecule has 6 atom stereocenters. The first kappa shape index (κ1) is 24.0. The van der Waals surface area contributed by atoms with Crippen LogP contribution in [0.3, 0.4) is 0 Å². The number of amides is 1. The van der Waals surface area contributed by atoms with Crippen molar-refractivity contribution in [1.29, 1.82) is 0 Å². The van der Waals surface area contributed by atoms with Crippen LogP contribution in [0.5, 0.6) is 11.5 Å². The number of anilines is 1. The Morgan fingerprint density at radius 3 is 2.55 bits per heavy atom. The van der Waals surface area contributed by atoms with Crippen LogP contribution in [-0.4, -0.2) is 74.9 Å². The molecule has 2 aromatic rings. The standard InChI is InChI=1S/C33H39N3O4/c37-24-11-10-22-16-26-33-13-12-32(39,30-31(33,28(22)29(24)40-30)14-15-35(26)18-20-6-7-20)25(36(33)19-21-8-9-21)17-27(38)34-23-4-2-1-3-5-23/h1-5,10-11,20-21,25-26,30,37,39H,6-9,12-19H2,(H,34,38)/t25-,26+,30+,31+,32+,33+/m0/s1. The van der Waals surface area contributed by atoms with E-state index < -0.39 is 11.7 Å². The van der Waals surface area contributed by atoms with Crippen LogP contribution in [0.2, 0.25) is 0 Å². The maximum absolute atomic E-state index is 13.6. The number of aromatic hydroxyl groups is 1. The zero-order valence-electron chi connectivity index (χ0n) is 23.0. The molecule has 3 saturated carbocycles. The van der Waals surface area contributed by atoms with Gasteiger partial charge in [-0.1, -0.05) is 24.3 Å². The summed E-state index contributed by atoms with van der Waals surface area (Å²) in [5.41, 5.74) is 1.48. The monoisotopic (exact) mass is 541 g/mol. The molecule has 0 radical (unpaired) electrons. The minimum atomic E-state index is -1.17. The summed E-state index contributed by atoms with van der Waals surface area (Å²) < 4.78 is 6.79. The second-order valence-electron chi connectivity index (χ2n) is 14.0. The van der Waals surface area contributed by atoms with E-state index >= 15 is 0 Å². The molecule has 4 aliphatic heterocycles. The molecule has 7 heteroatoms. The number of phenolic OH excluding ortho intramolecular Hbond substituents is 1. The van der Waals surface area contributed by atoms with Crippen molar-refractivity contribution < 1.29 is 19.7 Å². The van der Waals surface area contributed by atoms with E-state index in [1.165, 1.54) is 36.8 Å². The summed E-state index contributed by atoms with van der Waals surface area (Å²) in [7, 11) is 0. The van der Waals surface area contributed by atoms with Gasteiger partial charge in [0.2, 0.25) is 5.91 Å². The van der Waals surface area contributed by atoms with E-state index in [4.69, 9.17) is 4.74 Å². The van der Waals surface area contributed by atoms with Gasteiger partial charge in [-0.25, -0.2) is 0 Å². The molecule has 8 aliphatic rings. The third-order valence-corrected chi connectivity index (χ3v) is 11.9. The molecule has 0 unspecified atom stereocenters. The van der Waals surface area contributed by atoms with Gasteiger partial charge < -0.3 is 20.3 Å². The number of nitrogens with one attached hydrogen (secondary N) is 1. The molecule has 4 bridgehead atoms. The number of carbonyl (C=O) groups is 1. The Labute approximate surface area is 235 Å². The van der Waals surface area contributed by atoms with Crippen molar-refractivity contribution in [2.45, 2.75) is 92.5 Å². The first-order valence-corrected chi connectivity index (χ1v) is 15.5. The quantitative estimate of drug-likeness (QED) is 0.494. The average molecular weight is 542 g/mol. The number of hydrogen-bond donors (Lipinski definition) is 3. The SMILES string of the molecule is O=C(C[C@@H]1N(CC2CC2)[C@@]23CC[C@]1(O)[C@@H]1Oc4c(O)ccc5c4[C@]12CCN(CC1CC1)[C@@H]3C5)Nc1ccccc1. The molecule has 210 valence electrons. The molecule has 3 N–H and O–H groups in total. The predicted molar refractivity (Wildman–Crippen MR) is 150 cm³/mol. The smallest absolute Gasteiger partial charge is 0.226 e. The molecule has 4 aliphatic carbocycles. The second kappa shape index (κ2) is 8.02. The van der Waals surface area contributed by atoms with Crippen LogP contribution in [0.25, 0.3) is 0 Å². The number of fused-ring (bicyclic) bond motifs is 2. The molecule has 1 amide bonds. The summed E-state index contributed by atoms with van der Waals surface area (Å²) in [4.78, 5) is 19.1. The predicted octanol–water partition coefficient (Wildman–Crippen LogP) is 3.82. The van der Waals surface area contributed by atoms with Gasteiger partial charge in [0.25, 0.3) is 0 Å². The van der Waals surface area contributed by atoms with Crippen LogP contribution >= 0.6 is 0 Å². The van der Waals surface area contributed by atoms with Gasteiger partial charge in [0.1, 0.15) is 11.7 Å². The molecule has 4 heterocycles. The first-order valence-electron chi connectivity index (χ1n) is 15.5. The minimum absolute atomic E-state index is 0.0572. The molecule has 0 aromatic heterocycles. The van der Waals surface area contributed by atoms with Crippen LogP contribution in [-0.2, 0) is 16.6 Å². The van der Waals surface area contributed by atoms with E-state index in [0.29, 0.717) is 24.1 Å². The summed E-state index contributed by atoms with van der Waals surface area (Å²) in [6.45, 7) is 3.08. The van der Waals surface area contributed by atoms with Crippen LogP contribution in [0.1, 0.15) is 62.5 Å². The number of piperidine rings is 3. The van der Waals surface area contributed by atoms with E-state index in [1.54, 1.807) is 6.07 Å². The number of rotatable bonds is 7.